The van der Waals surface area contributed by atoms with Crippen molar-refractivity contribution in [2.24, 2.45) is 5.92 Å². The van der Waals surface area contributed by atoms with Crippen LogP contribution in [0.3, 0.4) is 0 Å². The largest absolute Gasteiger partial charge is 0.481 e. The molecule has 0 radical (unpaired) electrons. The Morgan fingerprint density at radius 3 is 2.88 bits per heavy atom. The van der Waals surface area contributed by atoms with Gasteiger partial charge in [0.05, 0.1) is 5.92 Å². The minimum atomic E-state index is -1.10. The smallest absolute Gasteiger partial charge is 0.308 e. The molecular formula is C9H7ClFN3O3. The summed E-state index contributed by atoms with van der Waals surface area (Å²) in [6, 6.07) is 0. The zero-order chi connectivity index (χ0) is 12.6. The molecule has 1 N–H and O–H groups in total. The van der Waals surface area contributed by atoms with E-state index < -0.39 is 28.8 Å². The summed E-state index contributed by atoms with van der Waals surface area (Å²) in [4.78, 5) is 30.3. The van der Waals surface area contributed by atoms with Crippen molar-refractivity contribution in [2.75, 3.05) is 11.4 Å². The molecular weight excluding hydrogens is 253 g/mol. The maximum atomic E-state index is 13.6. The Bertz CT molecular complexity index is 496. The van der Waals surface area contributed by atoms with Crippen LogP contribution in [0.2, 0.25) is 5.15 Å². The van der Waals surface area contributed by atoms with Crippen LogP contribution in [0.4, 0.5) is 10.2 Å². The highest BCUT2D eigenvalue weighted by molar-refractivity contribution is 6.29. The molecule has 1 unspecified atom stereocenters. The summed E-state index contributed by atoms with van der Waals surface area (Å²) >= 11 is 5.46. The van der Waals surface area contributed by atoms with E-state index in [0.29, 0.717) is 0 Å². The number of carboxylic acids is 1. The number of hydrogen-bond acceptors (Lipinski definition) is 4. The fourth-order valence-electron chi connectivity index (χ4n) is 1.61. The summed E-state index contributed by atoms with van der Waals surface area (Å²) in [6.45, 7) is -0.113. The number of rotatable bonds is 2. The fourth-order valence-corrected chi connectivity index (χ4v) is 1.73. The van der Waals surface area contributed by atoms with Gasteiger partial charge in [-0.1, -0.05) is 11.6 Å². The predicted octanol–water partition coefficient (Wildman–Crippen LogP) is 0.707. The van der Waals surface area contributed by atoms with E-state index in [-0.39, 0.29) is 18.8 Å². The van der Waals surface area contributed by atoms with E-state index in [1.54, 1.807) is 0 Å². The van der Waals surface area contributed by atoms with Gasteiger partial charge >= 0.3 is 5.97 Å². The van der Waals surface area contributed by atoms with Crippen molar-refractivity contribution >= 4 is 29.3 Å². The van der Waals surface area contributed by atoms with Gasteiger partial charge in [-0.25, -0.2) is 9.97 Å². The Labute approximate surface area is 100 Å². The van der Waals surface area contributed by atoms with Crippen LogP contribution in [-0.4, -0.2) is 33.5 Å². The van der Waals surface area contributed by atoms with Crippen LogP contribution in [0.25, 0.3) is 0 Å². The van der Waals surface area contributed by atoms with Gasteiger partial charge in [-0.05, 0) is 0 Å². The molecule has 0 aromatic carbocycles. The first-order valence-corrected chi connectivity index (χ1v) is 5.07. The first-order valence-electron chi connectivity index (χ1n) is 4.70. The average Bonchev–Trinajstić information content (AvgIpc) is 2.65. The molecule has 90 valence electrons. The van der Waals surface area contributed by atoms with Crippen LogP contribution in [0.15, 0.2) is 6.33 Å². The maximum Gasteiger partial charge on any atom is 0.308 e. The third kappa shape index (κ3) is 2.05. The number of halogens is 2. The van der Waals surface area contributed by atoms with Crippen molar-refractivity contribution in [1.82, 2.24) is 9.97 Å². The van der Waals surface area contributed by atoms with Gasteiger partial charge in [-0.3, -0.25) is 14.5 Å². The SMILES string of the molecule is O=C(O)C1CC(=O)N(c2ncnc(Cl)c2F)C1. The quantitative estimate of drug-likeness (QED) is 0.791. The second-order valence-corrected chi connectivity index (χ2v) is 3.90. The Morgan fingerprint density at radius 2 is 2.29 bits per heavy atom. The van der Waals surface area contributed by atoms with Gasteiger partial charge in [0, 0.05) is 13.0 Å². The molecule has 1 aliphatic heterocycles. The molecule has 1 aliphatic rings. The van der Waals surface area contributed by atoms with Gasteiger partial charge in [0.1, 0.15) is 6.33 Å². The van der Waals surface area contributed by atoms with E-state index in [1.807, 2.05) is 0 Å². The molecule has 0 bridgehead atoms. The highest BCUT2D eigenvalue weighted by Gasteiger charge is 2.37. The summed E-state index contributed by atoms with van der Waals surface area (Å²) in [5, 5.41) is 8.39. The second kappa shape index (κ2) is 4.25. The summed E-state index contributed by atoms with van der Waals surface area (Å²) < 4.78 is 13.6. The van der Waals surface area contributed by atoms with Crippen LogP contribution in [0.5, 0.6) is 0 Å². The minimum absolute atomic E-state index is 0.113. The number of hydrogen-bond donors (Lipinski definition) is 1. The minimum Gasteiger partial charge on any atom is -0.481 e. The molecule has 1 atom stereocenters. The normalized spacial score (nSPS) is 19.8. The Morgan fingerprint density at radius 1 is 1.59 bits per heavy atom. The number of aromatic nitrogens is 2. The number of nitrogens with zero attached hydrogens (tertiary/aromatic N) is 3. The number of carboxylic acid groups (broad SMARTS) is 1. The number of aliphatic carboxylic acids is 1. The number of anilines is 1. The highest BCUT2D eigenvalue weighted by atomic mass is 35.5. The van der Waals surface area contributed by atoms with Crippen molar-refractivity contribution in [3.63, 3.8) is 0 Å². The molecule has 2 heterocycles. The summed E-state index contributed by atoms with van der Waals surface area (Å²) in [7, 11) is 0. The lowest BCUT2D eigenvalue weighted by Gasteiger charge is -2.15. The van der Waals surface area contributed by atoms with Crippen molar-refractivity contribution < 1.29 is 19.1 Å². The molecule has 1 amide bonds. The van der Waals surface area contributed by atoms with Crippen molar-refractivity contribution in [1.29, 1.82) is 0 Å². The van der Waals surface area contributed by atoms with Crippen LogP contribution in [0.1, 0.15) is 6.42 Å². The van der Waals surface area contributed by atoms with E-state index >= 15 is 0 Å². The van der Waals surface area contributed by atoms with Crippen LogP contribution in [0, 0.1) is 11.7 Å². The summed E-state index contributed by atoms with van der Waals surface area (Å²) in [5.41, 5.74) is 0. The lowest BCUT2D eigenvalue weighted by Crippen LogP contribution is -2.27. The van der Waals surface area contributed by atoms with Gasteiger partial charge in [0.15, 0.2) is 11.0 Å². The predicted molar refractivity (Wildman–Crippen MR) is 55.1 cm³/mol. The monoisotopic (exact) mass is 259 g/mol. The van der Waals surface area contributed by atoms with Gasteiger partial charge in [-0.2, -0.15) is 4.39 Å². The van der Waals surface area contributed by atoms with Crippen molar-refractivity contribution in [3.05, 3.63) is 17.3 Å². The molecule has 1 aromatic rings. The molecule has 0 saturated carbocycles. The molecule has 8 heteroatoms. The summed E-state index contributed by atoms with van der Waals surface area (Å²) in [5.74, 6) is -3.64. The molecule has 6 nitrogen and oxygen atoms in total. The van der Waals surface area contributed by atoms with Crippen LogP contribution in [-0.2, 0) is 9.59 Å². The van der Waals surface area contributed by atoms with Gasteiger partial charge in [0.25, 0.3) is 0 Å². The van der Waals surface area contributed by atoms with Crippen molar-refractivity contribution in [2.45, 2.75) is 6.42 Å². The van der Waals surface area contributed by atoms with Gasteiger partial charge in [0.2, 0.25) is 11.7 Å². The molecule has 1 saturated heterocycles. The first kappa shape index (κ1) is 11.7. The van der Waals surface area contributed by atoms with Gasteiger partial charge in [-0.15, -0.1) is 0 Å². The van der Waals surface area contributed by atoms with E-state index in [4.69, 9.17) is 16.7 Å². The molecule has 1 fully saturated rings. The Balaban J connectivity index is 2.32. The topological polar surface area (TPSA) is 83.4 Å². The fraction of sp³-hybridized carbons (Fsp3) is 0.333. The van der Waals surface area contributed by atoms with E-state index in [9.17, 15) is 14.0 Å². The molecule has 0 spiro atoms. The Hall–Kier alpha value is -1.76. The van der Waals surface area contributed by atoms with E-state index in [0.717, 1.165) is 11.2 Å². The summed E-state index contributed by atoms with van der Waals surface area (Å²) in [6.07, 6.45) is 0.846. The molecule has 17 heavy (non-hydrogen) atoms. The van der Waals surface area contributed by atoms with Gasteiger partial charge < -0.3 is 5.11 Å². The van der Waals surface area contributed by atoms with Crippen LogP contribution < -0.4 is 4.90 Å². The zero-order valence-corrected chi connectivity index (χ0v) is 9.19. The van der Waals surface area contributed by atoms with Crippen molar-refractivity contribution in [3.8, 4) is 0 Å². The third-order valence-electron chi connectivity index (χ3n) is 2.46. The second-order valence-electron chi connectivity index (χ2n) is 3.55. The van der Waals surface area contributed by atoms with Crippen LogP contribution >= 0.6 is 11.6 Å². The molecule has 2 rings (SSSR count). The lowest BCUT2D eigenvalue weighted by molar-refractivity contribution is -0.141. The number of carbonyl (C=O) groups is 2. The molecule has 1 aromatic heterocycles. The molecule has 0 aliphatic carbocycles. The maximum absolute atomic E-state index is 13.6. The third-order valence-corrected chi connectivity index (χ3v) is 2.72. The standard InChI is InChI=1S/C9H7ClFN3O3/c10-7-6(11)8(13-3-12-7)14-2-4(9(16)17)1-5(14)15/h3-4H,1-2H2,(H,16,17). The Kier molecular flexibility index (Phi) is 2.93. The van der Waals surface area contributed by atoms with E-state index in [2.05, 4.69) is 9.97 Å². The van der Waals surface area contributed by atoms with E-state index in [1.165, 1.54) is 0 Å². The lowest BCUT2D eigenvalue weighted by atomic mass is 10.1. The number of carbonyl (C=O) groups excluding carboxylic acids is 1. The first-order chi connectivity index (χ1) is 8.00. The average molecular weight is 260 g/mol. The highest BCUT2D eigenvalue weighted by Crippen LogP contribution is 2.27. The zero-order valence-electron chi connectivity index (χ0n) is 8.43. The number of amides is 1.